The lowest BCUT2D eigenvalue weighted by Crippen LogP contribution is -2.48. The molecule has 3 nitrogen and oxygen atoms in total. The number of carbonyl (C=O) groups excluding carboxylic acids is 1. The van der Waals surface area contributed by atoms with Crippen LogP contribution >= 0.6 is 0 Å². The third kappa shape index (κ3) is 2.98. The zero-order valence-electron chi connectivity index (χ0n) is 9.42. The molecule has 0 aliphatic heterocycles. The number of hydrogen-bond donors (Lipinski definition) is 2. The summed E-state index contributed by atoms with van der Waals surface area (Å²) in [5.74, 6) is 0.844. The van der Waals surface area contributed by atoms with Gasteiger partial charge in [-0.05, 0) is 31.1 Å². The second-order valence-corrected chi connectivity index (χ2v) is 4.91. The van der Waals surface area contributed by atoms with Gasteiger partial charge in [0, 0.05) is 6.04 Å². The van der Waals surface area contributed by atoms with Crippen molar-refractivity contribution in [1.82, 2.24) is 5.32 Å². The molecule has 0 radical (unpaired) electrons. The molecule has 0 aromatic heterocycles. The van der Waals surface area contributed by atoms with Gasteiger partial charge in [0.1, 0.15) is 0 Å². The van der Waals surface area contributed by atoms with Crippen molar-refractivity contribution in [3.05, 3.63) is 0 Å². The fourth-order valence-electron chi connectivity index (χ4n) is 2.22. The Morgan fingerprint density at radius 1 is 1.43 bits per heavy atom. The zero-order valence-corrected chi connectivity index (χ0v) is 9.42. The molecular weight excluding hydrogens is 176 g/mol. The van der Waals surface area contributed by atoms with E-state index in [0.29, 0.717) is 6.04 Å². The SMILES string of the molecule is CC1CCC(NC(C(N)=O)C(C)C)C1. The Morgan fingerprint density at radius 2 is 2.07 bits per heavy atom. The highest BCUT2D eigenvalue weighted by molar-refractivity contribution is 5.80. The van der Waals surface area contributed by atoms with Gasteiger partial charge in [0.25, 0.3) is 0 Å². The van der Waals surface area contributed by atoms with Gasteiger partial charge in [-0.25, -0.2) is 0 Å². The minimum atomic E-state index is -0.223. The normalized spacial score (nSPS) is 29.4. The molecule has 1 saturated carbocycles. The number of rotatable bonds is 4. The first kappa shape index (κ1) is 11.5. The second-order valence-electron chi connectivity index (χ2n) is 4.91. The van der Waals surface area contributed by atoms with E-state index in [9.17, 15) is 4.79 Å². The first-order chi connectivity index (χ1) is 6.50. The summed E-state index contributed by atoms with van der Waals surface area (Å²) >= 11 is 0. The van der Waals surface area contributed by atoms with E-state index in [2.05, 4.69) is 12.2 Å². The third-order valence-electron chi connectivity index (χ3n) is 3.08. The molecule has 3 unspecified atom stereocenters. The first-order valence-electron chi connectivity index (χ1n) is 5.56. The van der Waals surface area contributed by atoms with Gasteiger partial charge in [-0.3, -0.25) is 4.79 Å². The van der Waals surface area contributed by atoms with E-state index >= 15 is 0 Å². The first-order valence-corrected chi connectivity index (χ1v) is 5.56. The maximum absolute atomic E-state index is 11.2. The van der Waals surface area contributed by atoms with Crippen LogP contribution in [-0.4, -0.2) is 18.0 Å². The summed E-state index contributed by atoms with van der Waals surface area (Å²) < 4.78 is 0. The Bertz CT molecular complexity index is 203. The Balaban J connectivity index is 2.44. The molecule has 3 N–H and O–H groups in total. The lowest BCUT2D eigenvalue weighted by Gasteiger charge is -2.23. The van der Waals surface area contributed by atoms with E-state index in [1.807, 2.05) is 13.8 Å². The highest BCUT2D eigenvalue weighted by atomic mass is 16.1. The van der Waals surface area contributed by atoms with E-state index in [-0.39, 0.29) is 17.9 Å². The number of nitrogens with one attached hydrogen (secondary N) is 1. The Labute approximate surface area is 86.4 Å². The highest BCUT2D eigenvalue weighted by Crippen LogP contribution is 2.25. The van der Waals surface area contributed by atoms with Gasteiger partial charge in [0.15, 0.2) is 0 Å². The summed E-state index contributed by atoms with van der Waals surface area (Å²) in [6.45, 7) is 6.32. The summed E-state index contributed by atoms with van der Waals surface area (Å²) in [4.78, 5) is 11.2. The summed E-state index contributed by atoms with van der Waals surface area (Å²) in [5, 5.41) is 3.37. The summed E-state index contributed by atoms with van der Waals surface area (Å²) in [6, 6.07) is 0.329. The molecule has 14 heavy (non-hydrogen) atoms. The van der Waals surface area contributed by atoms with Gasteiger partial charge < -0.3 is 11.1 Å². The molecule has 0 saturated heterocycles. The fourth-order valence-corrected chi connectivity index (χ4v) is 2.22. The van der Waals surface area contributed by atoms with Crippen LogP contribution in [0.5, 0.6) is 0 Å². The van der Waals surface area contributed by atoms with Crippen LogP contribution in [0.3, 0.4) is 0 Å². The van der Waals surface area contributed by atoms with Crippen LogP contribution in [0.1, 0.15) is 40.0 Å². The summed E-state index contributed by atoms with van der Waals surface area (Å²) in [6.07, 6.45) is 3.62. The molecule has 1 rings (SSSR count). The van der Waals surface area contributed by atoms with E-state index in [1.54, 1.807) is 0 Å². The molecule has 0 heterocycles. The lowest BCUT2D eigenvalue weighted by molar-refractivity contribution is -0.121. The van der Waals surface area contributed by atoms with Crippen LogP contribution < -0.4 is 11.1 Å². The smallest absolute Gasteiger partial charge is 0.234 e. The summed E-state index contributed by atoms with van der Waals surface area (Å²) in [5.41, 5.74) is 5.35. The van der Waals surface area contributed by atoms with Gasteiger partial charge in [-0.15, -0.1) is 0 Å². The Kier molecular flexibility index (Phi) is 3.93. The molecule has 1 amide bonds. The molecule has 1 aliphatic carbocycles. The molecule has 0 aromatic carbocycles. The van der Waals surface area contributed by atoms with Crippen LogP contribution in [0.2, 0.25) is 0 Å². The van der Waals surface area contributed by atoms with Crippen LogP contribution in [0.4, 0.5) is 0 Å². The van der Waals surface area contributed by atoms with E-state index < -0.39 is 0 Å². The van der Waals surface area contributed by atoms with Crippen molar-refractivity contribution in [2.45, 2.75) is 52.1 Å². The number of carbonyl (C=O) groups is 1. The van der Waals surface area contributed by atoms with Crippen molar-refractivity contribution in [1.29, 1.82) is 0 Å². The van der Waals surface area contributed by atoms with Crippen molar-refractivity contribution >= 4 is 5.91 Å². The number of primary amides is 1. The molecule has 82 valence electrons. The van der Waals surface area contributed by atoms with Crippen molar-refractivity contribution in [3.8, 4) is 0 Å². The number of nitrogens with two attached hydrogens (primary N) is 1. The predicted molar refractivity (Wildman–Crippen MR) is 57.8 cm³/mol. The maximum atomic E-state index is 11.2. The van der Waals surface area contributed by atoms with Crippen molar-refractivity contribution in [2.75, 3.05) is 0 Å². The van der Waals surface area contributed by atoms with Crippen LogP contribution in [0.25, 0.3) is 0 Å². The Hall–Kier alpha value is -0.570. The lowest BCUT2D eigenvalue weighted by atomic mass is 10.0. The molecule has 0 spiro atoms. The largest absolute Gasteiger partial charge is 0.368 e. The van der Waals surface area contributed by atoms with Gasteiger partial charge >= 0.3 is 0 Å². The van der Waals surface area contributed by atoms with Gasteiger partial charge in [0.05, 0.1) is 6.04 Å². The number of amides is 1. The monoisotopic (exact) mass is 198 g/mol. The molecular formula is C11H22N2O. The minimum Gasteiger partial charge on any atom is -0.368 e. The third-order valence-corrected chi connectivity index (χ3v) is 3.08. The second kappa shape index (κ2) is 4.78. The fraction of sp³-hybridized carbons (Fsp3) is 0.909. The molecule has 3 atom stereocenters. The molecule has 0 aromatic rings. The predicted octanol–water partition coefficient (Wildman–Crippen LogP) is 1.27. The molecule has 3 heteroatoms. The summed E-state index contributed by atoms with van der Waals surface area (Å²) in [7, 11) is 0. The average Bonchev–Trinajstić information content (AvgIpc) is 2.46. The van der Waals surface area contributed by atoms with Gasteiger partial charge in [-0.2, -0.15) is 0 Å². The van der Waals surface area contributed by atoms with Crippen molar-refractivity contribution in [2.24, 2.45) is 17.6 Å². The topological polar surface area (TPSA) is 55.1 Å². The zero-order chi connectivity index (χ0) is 10.7. The highest BCUT2D eigenvalue weighted by Gasteiger charge is 2.27. The standard InChI is InChI=1S/C11H22N2O/c1-7(2)10(11(12)14)13-9-5-4-8(3)6-9/h7-10,13H,4-6H2,1-3H3,(H2,12,14). The van der Waals surface area contributed by atoms with Crippen LogP contribution in [-0.2, 0) is 4.79 Å². The average molecular weight is 198 g/mol. The number of hydrogen-bond acceptors (Lipinski definition) is 2. The van der Waals surface area contributed by atoms with Gasteiger partial charge in [-0.1, -0.05) is 20.8 Å². The van der Waals surface area contributed by atoms with Crippen LogP contribution in [0.15, 0.2) is 0 Å². The molecule has 1 aliphatic rings. The Morgan fingerprint density at radius 3 is 2.43 bits per heavy atom. The van der Waals surface area contributed by atoms with Crippen molar-refractivity contribution < 1.29 is 4.79 Å². The molecule has 0 bridgehead atoms. The van der Waals surface area contributed by atoms with E-state index in [4.69, 9.17) is 5.73 Å². The van der Waals surface area contributed by atoms with Crippen molar-refractivity contribution in [3.63, 3.8) is 0 Å². The van der Waals surface area contributed by atoms with Crippen LogP contribution in [0, 0.1) is 11.8 Å². The van der Waals surface area contributed by atoms with Gasteiger partial charge in [0.2, 0.25) is 5.91 Å². The maximum Gasteiger partial charge on any atom is 0.234 e. The molecule has 1 fully saturated rings. The quantitative estimate of drug-likeness (QED) is 0.715. The minimum absolute atomic E-state index is 0.162. The van der Waals surface area contributed by atoms with E-state index in [1.165, 1.54) is 19.3 Å². The van der Waals surface area contributed by atoms with E-state index in [0.717, 1.165) is 5.92 Å².